The molecule has 23 heavy (non-hydrogen) atoms. The summed E-state index contributed by atoms with van der Waals surface area (Å²) in [5, 5.41) is 6.06. The van der Waals surface area contributed by atoms with Gasteiger partial charge in [0.15, 0.2) is 5.79 Å². The van der Waals surface area contributed by atoms with Gasteiger partial charge in [-0.1, -0.05) is 6.92 Å². The van der Waals surface area contributed by atoms with Crippen LogP contribution in [0.1, 0.15) is 37.6 Å². The summed E-state index contributed by atoms with van der Waals surface area (Å²) in [4.78, 5) is 18.6. The Balaban J connectivity index is 1.51. The summed E-state index contributed by atoms with van der Waals surface area (Å²) in [6, 6.07) is -0.000275. The van der Waals surface area contributed by atoms with Crippen molar-refractivity contribution in [1.82, 2.24) is 15.2 Å². The van der Waals surface area contributed by atoms with Crippen molar-refractivity contribution < 1.29 is 14.3 Å². The van der Waals surface area contributed by atoms with E-state index in [1.54, 1.807) is 17.5 Å². The lowest BCUT2D eigenvalue weighted by atomic mass is 9.90. The molecule has 3 heterocycles. The second kappa shape index (κ2) is 7.15. The normalized spacial score (nSPS) is 25.3. The number of hydrogen-bond acceptors (Lipinski definition) is 5. The summed E-state index contributed by atoms with van der Waals surface area (Å²) >= 11 is 1.63. The van der Waals surface area contributed by atoms with E-state index in [1.807, 2.05) is 17.2 Å². The van der Waals surface area contributed by atoms with Crippen molar-refractivity contribution in [2.45, 2.75) is 38.4 Å². The average molecular weight is 339 g/mol. The molecule has 0 bridgehead atoms. The van der Waals surface area contributed by atoms with Crippen molar-refractivity contribution in [2.24, 2.45) is 5.92 Å². The highest BCUT2D eigenvalue weighted by molar-refractivity contribution is 7.09. The first-order valence-electron chi connectivity index (χ1n) is 8.28. The standard InChI is InChI=1S/C16H25N3O3S/c1-12(14-17-5-9-23-14)10-18-15(20)19-6-3-4-13(11-19)16(2)21-7-8-22-16/h5,9,12-13H,3-4,6-8,10-11H2,1-2H3,(H,18,20)/t12-,13+/m0/s1. The maximum absolute atomic E-state index is 12.5. The van der Waals surface area contributed by atoms with E-state index in [0.717, 1.165) is 24.4 Å². The number of aromatic nitrogens is 1. The van der Waals surface area contributed by atoms with Crippen LogP contribution < -0.4 is 5.32 Å². The van der Waals surface area contributed by atoms with Gasteiger partial charge in [-0.15, -0.1) is 11.3 Å². The first kappa shape index (κ1) is 16.7. The summed E-state index contributed by atoms with van der Waals surface area (Å²) in [6.45, 7) is 7.46. The number of rotatable bonds is 4. The average Bonchev–Trinajstić information content (AvgIpc) is 3.25. The summed E-state index contributed by atoms with van der Waals surface area (Å²) in [5.74, 6) is -0.0629. The summed E-state index contributed by atoms with van der Waals surface area (Å²) in [5.41, 5.74) is 0. The van der Waals surface area contributed by atoms with Crippen molar-refractivity contribution in [3.05, 3.63) is 16.6 Å². The molecule has 1 aromatic rings. The fraction of sp³-hybridized carbons (Fsp3) is 0.750. The molecule has 128 valence electrons. The predicted octanol–water partition coefficient (Wildman–Crippen LogP) is 2.43. The molecule has 2 saturated heterocycles. The molecule has 2 atom stereocenters. The Hall–Kier alpha value is -1.18. The fourth-order valence-electron chi connectivity index (χ4n) is 3.27. The number of carbonyl (C=O) groups is 1. The lowest BCUT2D eigenvalue weighted by Gasteiger charge is -2.39. The summed E-state index contributed by atoms with van der Waals surface area (Å²) < 4.78 is 11.5. The van der Waals surface area contributed by atoms with Crippen LogP contribution >= 0.6 is 11.3 Å². The minimum Gasteiger partial charge on any atom is -0.347 e. The van der Waals surface area contributed by atoms with E-state index in [1.165, 1.54) is 0 Å². The molecule has 2 aliphatic heterocycles. The monoisotopic (exact) mass is 339 g/mol. The number of amides is 2. The van der Waals surface area contributed by atoms with Crippen LogP contribution in [0.2, 0.25) is 0 Å². The number of urea groups is 1. The maximum Gasteiger partial charge on any atom is 0.317 e. The van der Waals surface area contributed by atoms with Crippen molar-refractivity contribution in [1.29, 1.82) is 0 Å². The zero-order chi connectivity index (χ0) is 16.3. The number of likely N-dealkylation sites (tertiary alicyclic amines) is 1. The highest BCUT2D eigenvalue weighted by Gasteiger charge is 2.42. The van der Waals surface area contributed by atoms with E-state index >= 15 is 0 Å². The van der Waals surface area contributed by atoms with Gasteiger partial charge in [-0.3, -0.25) is 0 Å². The number of nitrogens with zero attached hydrogens (tertiary/aromatic N) is 2. The van der Waals surface area contributed by atoms with Crippen molar-refractivity contribution in [2.75, 3.05) is 32.8 Å². The van der Waals surface area contributed by atoms with Crippen LogP contribution in [0.25, 0.3) is 0 Å². The van der Waals surface area contributed by atoms with Gasteiger partial charge in [0, 0.05) is 43.0 Å². The third kappa shape index (κ3) is 3.84. The van der Waals surface area contributed by atoms with Crippen LogP contribution in [0, 0.1) is 5.92 Å². The molecule has 7 heteroatoms. The predicted molar refractivity (Wildman–Crippen MR) is 88.5 cm³/mol. The smallest absolute Gasteiger partial charge is 0.317 e. The number of piperidine rings is 1. The minimum atomic E-state index is -0.535. The zero-order valence-corrected chi connectivity index (χ0v) is 14.6. The Bertz CT molecular complexity index is 517. The van der Waals surface area contributed by atoms with Gasteiger partial charge in [0.2, 0.25) is 0 Å². The molecule has 6 nitrogen and oxygen atoms in total. The van der Waals surface area contributed by atoms with Crippen molar-refractivity contribution in [3.8, 4) is 0 Å². The SMILES string of the molecule is C[C@@H](CNC(=O)N1CCC[C@@H](C2(C)OCCO2)C1)c1nccs1. The van der Waals surface area contributed by atoms with Crippen LogP contribution in [0.4, 0.5) is 4.79 Å². The molecule has 2 aliphatic rings. The number of thiazole rings is 1. The number of hydrogen-bond donors (Lipinski definition) is 1. The van der Waals surface area contributed by atoms with Gasteiger partial charge in [0.1, 0.15) is 0 Å². The first-order chi connectivity index (χ1) is 11.1. The Morgan fingerprint density at radius 2 is 2.35 bits per heavy atom. The Morgan fingerprint density at radius 1 is 1.57 bits per heavy atom. The molecule has 0 spiro atoms. The lowest BCUT2D eigenvalue weighted by Crippen LogP contribution is -2.51. The van der Waals surface area contributed by atoms with Gasteiger partial charge in [-0.05, 0) is 19.8 Å². The van der Waals surface area contributed by atoms with E-state index in [-0.39, 0.29) is 17.9 Å². The van der Waals surface area contributed by atoms with Gasteiger partial charge in [-0.25, -0.2) is 9.78 Å². The van der Waals surface area contributed by atoms with E-state index in [0.29, 0.717) is 26.3 Å². The highest BCUT2D eigenvalue weighted by Crippen LogP contribution is 2.34. The van der Waals surface area contributed by atoms with E-state index in [4.69, 9.17) is 9.47 Å². The summed E-state index contributed by atoms with van der Waals surface area (Å²) in [7, 11) is 0. The molecule has 1 aromatic heterocycles. The van der Waals surface area contributed by atoms with E-state index in [9.17, 15) is 4.79 Å². The maximum atomic E-state index is 12.5. The van der Waals surface area contributed by atoms with E-state index in [2.05, 4.69) is 17.2 Å². The fourth-order valence-corrected chi connectivity index (χ4v) is 3.97. The van der Waals surface area contributed by atoms with Gasteiger partial charge in [0.05, 0.1) is 18.2 Å². The number of carbonyl (C=O) groups excluding carboxylic acids is 1. The topological polar surface area (TPSA) is 63.7 Å². The number of nitrogens with one attached hydrogen (secondary N) is 1. The van der Waals surface area contributed by atoms with Gasteiger partial charge in [0.25, 0.3) is 0 Å². The molecule has 1 N–H and O–H groups in total. The summed E-state index contributed by atoms with van der Waals surface area (Å²) in [6.07, 6.45) is 3.83. The second-order valence-electron chi connectivity index (χ2n) is 6.46. The minimum absolute atomic E-state index is 0.000275. The molecule has 3 rings (SSSR count). The van der Waals surface area contributed by atoms with Gasteiger partial charge in [-0.2, -0.15) is 0 Å². The third-order valence-electron chi connectivity index (χ3n) is 4.74. The quantitative estimate of drug-likeness (QED) is 0.915. The molecule has 0 saturated carbocycles. The molecule has 2 fully saturated rings. The second-order valence-corrected chi connectivity index (χ2v) is 7.38. The zero-order valence-electron chi connectivity index (χ0n) is 13.8. The van der Waals surface area contributed by atoms with Crippen LogP contribution in [-0.2, 0) is 9.47 Å². The molecule has 0 aromatic carbocycles. The molecular weight excluding hydrogens is 314 g/mol. The van der Waals surface area contributed by atoms with E-state index < -0.39 is 5.79 Å². The Labute approximate surface area is 141 Å². The van der Waals surface area contributed by atoms with Crippen molar-refractivity contribution >= 4 is 17.4 Å². The van der Waals surface area contributed by atoms with Crippen LogP contribution in [-0.4, -0.2) is 54.6 Å². The first-order valence-corrected chi connectivity index (χ1v) is 9.16. The Morgan fingerprint density at radius 3 is 3.04 bits per heavy atom. The van der Waals surface area contributed by atoms with Crippen LogP contribution in [0.5, 0.6) is 0 Å². The van der Waals surface area contributed by atoms with Crippen molar-refractivity contribution in [3.63, 3.8) is 0 Å². The molecule has 0 unspecified atom stereocenters. The van der Waals surface area contributed by atoms with Gasteiger partial charge >= 0.3 is 6.03 Å². The molecule has 0 aliphatic carbocycles. The van der Waals surface area contributed by atoms with Gasteiger partial charge < -0.3 is 19.7 Å². The highest BCUT2D eigenvalue weighted by atomic mass is 32.1. The molecule has 2 amide bonds. The van der Waals surface area contributed by atoms with Crippen LogP contribution in [0.3, 0.4) is 0 Å². The number of ether oxygens (including phenoxy) is 2. The molecular formula is C16H25N3O3S. The lowest BCUT2D eigenvalue weighted by molar-refractivity contribution is -0.189. The largest absolute Gasteiger partial charge is 0.347 e. The third-order valence-corrected chi connectivity index (χ3v) is 5.75. The van der Waals surface area contributed by atoms with Crippen LogP contribution in [0.15, 0.2) is 11.6 Å². The molecule has 0 radical (unpaired) electrons. The Kier molecular flexibility index (Phi) is 5.18.